The number of piperidine rings is 1. The number of para-hydroxylation sites is 1. The highest BCUT2D eigenvalue weighted by Gasteiger charge is 2.51. The smallest absolute Gasteiger partial charge is 0.354 e. The van der Waals surface area contributed by atoms with E-state index in [0.29, 0.717) is 11.7 Å². The van der Waals surface area contributed by atoms with Crippen LogP contribution in [0.15, 0.2) is 30.3 Å². The predicted octanol–water partition coefficient (Wildman–Crippen LogP) is 3.76. The van der Waals surface area contributed by atoms with Gasteiger partial charge in [0.25, 0.3) is 0 Å². The molecular formula is C21H24N2O2. The molecule has 4 heterocycles. The zero-order valence-electron chi connectivity index (χ0n) is 14.9. The van der Waals surface area contributed by atoms with Gasteiger partial charge >= 0.3 is 5.97 Å². The van der Waals surface area contributed by atoms with E-state index < -0.39 is 0 Å². The monoisotopic (exact) mass is 336 g/mol. The first-order valence-electron chi connectivity index (χ1n) is 9.38. The summed E-state index contributed by atoms with van der Waals surface area (Å²) in [7, 11) is 1.49. The molecule has 0 spiro atoms. The van der Waals surface area contributed by atoms with Gasteiger partial charge in [-0.05, 0) is 49.9 Å². The largest absolute Gasteiger partial charge is 0.464 e. The van der Waals surface area contributed by atoms with Gasteiger partial charge in [-0.3, -0.25) is 4.90 Å². The SMILES string of the molecule is CC[C@]12C=C(C(=O)OC)n3c4c(c5ccccc53)CCN(CCC1)[C@@H]42. The molecule has 0 radical (unpaired) electrons. The molecular weight excluding hydrogens is 312 g/mol. The van der Waals surface area contributed by atoms with Gasteiger partial charge in [-0.15, -0.1) is 0 Å². The van der Waals surface area contributed by atoms with Crippen LogP contribution in [0.3, 0.4) is 0 Å². The molecule has 1 saturated heterocycles. The summed E-state index contributed by atoms with van der Waals surface area (Å²) < 4.78 is 7.38. The van der Waals surface area contributed by atoms with Crippen LogP contribution in [0.4, 0.5) is 0 Å². The maximum atomic E-state index is 12.7. The van der Waals surface area contributed by atoms with E-state index in [4.69, 9.17) is 4.74 Å². The minimum Gasteiger partial charge on any atom is -0.464 e. The second kappa shape index (κ2) is 5.21. The third kappa shape index (κ3) is 1.83. The molecule has 1 aromatic carbocycles. The lowest BCUT2D eigenvalue weighted by Gasteiger charge is -2.53. The minimum atomic E-state index is -0.225. The van der Waals surface area contributed by atoms with Crippen LogP contribution in [0.25, 0.3) is 16.6 Å². The molecule has 0 unspecified atom stereocenters. The number of esters is 1. The van der Waals surface area contributed by atoms with Gasteiger partial charge in [0.15, 0.2) is 0 Å². The first-order valence-corrected chi connectivity index (χ1v) is 9.38. The van der Waals surface area contributed by atoms with Crippen LogP contribution in [-0.4, -0.2) is 35.6 Å². The molecule has 4 nitrogen and oxygen atoms in total. The Balaban J connectivity index is 1.89. The van der Waals surface area contributed by atoms with Crippen LogP contribution in [0.5, 0.6) is 0 Å². The Morgan fingerprint density at radius 3 is 2.96 bits per heavy atom. The maximum Gasteiger partial charge on any atom is 0.354 e. The Morgan fingerprint density at radius 2 is 2.16 bits per heavy atom. The molecule has 1 aromatic heterocycles. The molecule has 5 rings (SSSR count). The summed E-state index contributed by atoms with van der Waals surface area (Å²) in [5, 5.41) is 1.30. The first-order chi connectivity index (χ1) is 12.2. The fourth-order valence-electron chi connectivity index (χ4n) is 5.53. The van der Waals surface area contributed by atoms with E-state index in [1.165, 1.54) is 30.2 Å². The molecule has 1 fully saturated rings. The lowest BCUT2D eigenvalue weighted by Crippen LogP contribution is -2.51. The number of fused-ring (bicyclic) bond motifs is 3. The number of hydrogen-bond acceptors (Lipinski definition) is 3. The number of methoxy groups -OCH3 is 1. The molecule has 2 aromatic rings. The van der Waals surface area contributed by atoms with Crippen molar-refractivity contribution in [2.45, 2.75) is 38.6 Å². The number of carbonyl (C=O) groups is 1. The van der Waals surface area contributed by atoms with Gasteiger partial charge in [0.2, 0.25) is 0 Å². The first kappa shape index (κ1) is 15.2. The summed E-state index contributed by atoms with van der Waals surface area (Å²) in [6.45, 7) is 4.55. The topological polar surface area (TPSA) is 34.5 Å². The van der Waals surface area contributed by atoms with Crippen molar-refractivity contribution in [1.82, 2.24) is 9.47 Å². The Hall–Kier alpha value is -2.07. The van der Waals surface area contributed by atoms with Crippen LogP contribution in [0.1, 0.15) is 43.5 Å². The van der Waals surface area contributed by atoms with Crippen molar-refractivity contribution < 1.29 is 9.53 Å². The lowest BCUT2D eigenvalue weighted by atomic mass is 9.66. The standard InChI is InChI=1S/C21H24N2O2/c1-3-21-10-6-11-22-12-9-15-14-7-4-5-8-16(14)23(18(15)19(21)22)17(13-21)20(24)25-2/h4-5,7-8,13,19H,3,6,9-12H2,1-2H3/t19-,21+/m0/s1. The van der Waals surface area contributed by atoms with Gasteiger partial charge in [0.1, 0.15) is 5.70 Å². The van der Waals surface area contributed by atoms with Gasteiger partial charge < -0.3 is 9.30 Å². The third-order valence-electron chi connectivity index (χ3n) is 6.64. The molecule has 130 valence electrons. The number of aromatic nitrogens is 1. The second-order valence-electron chi connectivity index (χ2n) is 7.62. The average Bonchev–Trinajstić information content (AvgIpc) is 3.01. The van der Waals surface area contributed by atoms with E-state index in [1.807, 2.05) is 0 Å². The fraction of sp³-hybridized carbons (Fsp3) is 0.476. The van der Waals surface area contributed by atoms with Gasteiger partial charge in [-0.1, -0.05) is 25.1 Å². The Labute approximate surface area is 148 Å². The fourth-order valence-corrected chi connectivity index (χ4v) is 5.53. The van der Waals surface area contributed by atoms with E-state index in [-0.39, 0.29) is 11.4 Å². The van der Waals surface area contributed by atoms with Gasteiger partial charge in [-0.2, -0.15) is 0 Å². The van der Waals surface area contributed by atoms with Crippen LogP contribution in [0.2, 0.25) is 0 Å². The molecule has 3 aliphatic heterocycles. The van der Waals surface area contributed by atoms with E-state index in [0.717, 1.165) is 37.9 Å². The number of benzene rings is 1. The molecule has 0 amide bonds. The van der Waals surface area contributed by atoms with E-state index in [9.17, 15) is 4.79 Å². The number of rotatable bonds is 2. The summed E-state index contributed by atoms with van der Waals surface area (Å²) in [4.78, 5) is 15.3. The molecule has 3 aliphatic rings. The van der Waals surface area contributed by atoms with Crippen molar-refractivity contribution >= 4 is 22.6 Å². The number of hydrogen-bond donors (Lipinski definition) is 0. The van der Waals surface area contributed by atoms with Crippen LogP contribution < -0.4 is 0 Å². The zero-order valence-corrected chi connectivity index (χ0v) is 14.9. The highest BCUT2D eigenvalue weighted by Crippen LogP contribution is 2.56. The quantitative estimate of drug-likeness (QED) is 0.783. The Bertz CT molecular complexity index is 910. The van der Waals surface area contributed by atoms with Gasteiger partial charge in [-0.25, -0.2) is 4.79 Å². The second-order valence-corrected chi connectivity index (χ2v) is 7.62. The van der Waals surface area contributed by atoms with Gasteiger partial charge in [0.05, 0.1) is 18.7 Å². The third-order valence-corrected chi connectivity index (χ3v) is 6.64. The van der Waals surface area contributed by atoms with Crippen molar-refractivity contribution in [3.8, 4) is 0 Å². The molecule has 0 bridgehead atoms. The molecule has 0 N–H and O–H groups in total. The zero-order chi connectivity index (χ0) is 17.2. The summed E-state index contributed by atoms with van der Waals surface area (Å²) in [6, 6.07) is 8.89. The normalized spacial score (nSPS) is 27.8. The number of carbonyl (C=O) groups excluding carboxylic acids is 1. The minimum absolute atomic E-state index is 0.0430. The Morgan fingerprint density at radius 1 is 1.32 bits per heavy atom. The average molecular weight is 336 g/mol. The Kier molecular flexibility index (Phi) is 3.17. The number of ether oxygens (including phenoxy) is 1. The van der Waals surface area contributed by atoms with Gasteiger partial charge in [0, 0.05) is 23.0 Å². The van der Waals surface area contributed by atoms with Crippen molar-refractivity contribution in [2.24, 2.45) is 5.41 Å². The van der Waals surface area contributed by atoms with Crippen molar-refractivity contribution in [3.05, 3.63) is 41.6 Å². The summed E-state index contributed by atoms with van der Waals surface area (Å²) >= 11 is 0. The summed E-state index contributed by atoms with van der Waals surface area (Å²) in [5.41, 5.74) is 4.67. The molecule has 0 saturated carbocycles. The maximum absolute atomic E-state index is 12.7. The van der Waals surface area contributed by atoms with E-state index >= 15 is 0 Å². The van der Waals surface area contributed by atoms with E-state index in [2.05, 4.69) is 46.7 Å². The molecule has 4 heteroatoms. The van der Waals surface area contributed by atoms with E-state index in [1.54, 1.807) is 0 Å². The number of nitrogens with zero attached hydrogens (tertiary/aromatic N) is 2. The van der Waals surface area contributed by atoms with Crippen LogP contribution in [0, 0.1) is 5.41 Å². The molecule has 25 heavy (non-hydrogen) atoms. The molecule has 0 aliphatic carbocycles. The lowest BCUT2D eigenvalue weighted by molar-refractivity contribution is -0.134. The van der Waals surface area contributed by atoms with Crippen molar-refractivity contribution in [2.75, 3.05) is 20.2 Å². The highest BCUT2D eigenvalue weighted by atomic mass is 16.5. The van der Waals surface area contributed by atoms with Crippen molar-refractivity contribution in [3.63, 3.8) is 0 Å². The molecule has 2 atom stereocenters. The summed E-state index contributed by atoms with van der Waals surface area (Å²) in [6.07, 6.45) is 6.70. The van der Waals surface area contributed by atoms with Crippen LogP contribution >= 0.6 is 0 Å². The van der Waals surface area contributed by atoms with Crippen LogP contribution in [-0.2, 0) is 16.0 Å². The van der Waals surface area contributed by atoms with Crippen molar-refractivity contribution in [1.29, 1.82) is 0 Å². The predicted molar refractivity (Wildman–Crippen MR) is 98.2 cm³/mol. The highest BCUT2D eigenvalue weighted by molar-refractivity contribution is 6.13. The summed E-state index contributed by atoms with van der Waals surface area (Å²) in [5.74, 6) is -0.225.